The minimum atomic E-state index is -0.147. The summed E-state index contributed by atoms with van der Waals surface area (Å²) in [6.07, 6.45) is 7.09. The number of fused-ring (bicyclic) bond motifs is 1. The summed E-state index contributed by atoms with van der Waals surface area (Å²) in [6.45, 7) is 2.05. The standard InChI is InChI=1S/C14H22N6O/c1-3-10-13(21)19(2)11-8-16-14(18-15)17-12(11)20(10)9-6-4-5-7-9/h8-10H,3-7,15H2,1-2H3,(H,16,17,18). The van der Waals surface area contributed by atoms with Crippen LogP contribution in [0.1, 0.15) is 39.0 Å². The Labute approximate surface area is 124 Å². The zero-order chi connectivity index (χ0) is 15.0. The highest BCUT2D eigenvalue weighted by Crippen LogP contribution is 2.39. The summed E-state index contributed by atoms with van der Waals surface area (Å²) >= 11 is 0. The van der Waals surface area contributed by atoms with Crippen molar-refractivity contribution in [2.45, 2.75) is 51.1 Å². The van der Waals surface area contributed by atoms with Crippen molar-refractivity contribution in [2.24, 2.45) is 5.84 Å². The first-order chi connectivity index (χ1) is 10.2. The first-order valence-electron chi connectivity index (χ1n) is 7.57. The lowest BCUT2D eigenvalue weighted by atomic mass is 10.0. The van der Waals surface area contributed by atoms with E-state index >= 15 is 0 Å². The fourth-order valence-electron chi connectivity index (χ4n) is 3.45. The average molecular weight is 290 g/mol. The van der Waals surface area contributed by atoms with Gasteiger partial charge < -0.3 is 9.80 Å². The van der Waals surface area contributed by atoms with Gasteiger partial charge in [-0.05, 0) is 19.3 Å². The van der Waals surface area contributed by atoms with Gasteiger partial charge in [-0.3, -0.25) is 10.2 Å². The van der Waals surface area contributed by atoms with Crippen LogP contribution in [0.5, 0.6) is 0 Å². The molecule has 1 aromatic rings. The van der Waals surface area contributed by atoms with Gasteiger partial charge in [-0.15, -0.1) is 0 Å². The van der Waals surface area contributed by atoms with Gasteiger partial charge in [-0.1, -0.05) is 19.8 Å². The summed E-state index contributed by atoms with van der Waals surface area (Å²) in [7, 11) is 1.79. The SMILES string of the molecule is CCC1C(=O)N(C)c2cnc(NN)nc2N1C1CCCC1. The second-order valence-corrected chi connectivity index (χ2v) is 5.71. The lowest BCUT2D eigenvalue weighted by Crippen LogP contribution is -2.55. The number of likely N-dealkylation sites (N-methyl/N-ethyl adjacent to an activating group) is 1. The molecule has 0 spiro atoms. The van der Waals surface area contributed by atoms with Gasteiger partial charge in [0.25, 0.3) is 0 Å². The number of hydrazine groups is 1. The van der Waals surface area contributed by atoms with E-state index in [4.69, 9.17) is 5.84 Å². The first kappa shape index (κ1) is 14.1. The molecule has 7 heteroatoms. The summed E-state index contributed by atoms with van der Waals surface area (Å²) in [4.78, 5) is 25.2. The van der Waals surface area contributed by atoms with Crippen LogP contribution in [-0.2, 0) is 4.79 Å². The quantitative estimate of drug-likeness (QED) is 0.644. The number of anilines is 3. The van der Waals surface area contributed by atoms with Crippen LogP contribution in [0.3, 0.4) is 0 Å². The molecule has 1 amide bonds. The van der Waals surface area contributed by atoms with E-state index in [2.05, 4.69) is 20.3 Å². The fraction of sp³-hybridized carbons (Fsp3) is 0.643. The maximum atomic E-state index is 12.6. The Kier molecular flexibility index (Phi) is 3.67. The third-order valence-electron chi connectivity index (χ3n) is 4.54. The van der Waals surface area contributed by atoms with Gasteiger partial charge in [-0.2, -0.15) is 4.98 Å². The number of carbonyl (C=O) groups excluding carboxylic acids is 1. The number of hydrogen-bond donors (Lipinski definition) is 2. The number of rotatable bonds is 3. The Hall–Kier alpha value is -1.89. The molecule has 7 nitrogen and oxygen atoms in total. The molecule has 3 N–H and O–H groups in total. The fourth-order valence-corrected chi connectivity index (χ4v) is 3.45. The van der Waals surface area contributed by atoms with Crippen molar-refractivity contribution in [3.8, 4) is 0 Å². The van der Waals surface area contributed by atoms with Crippen LogP contribution in [-0.4, -0.2) is 35.0 Å². The zero-order valence-electron chi connectivity index (χ0n) is 12.5. The Morgan fingerprint density at radius 2 is 2.14 bits per heavy atom. The maximum Gasteiger partial charge on any atom is 0.249 e. The largest absolute Gasteiger partial charge is 0.340 e. The van der Waals surface area contributed by atoms with Gasteiger partial charge in [0.05, 0.1) is 6.20 Å². The summed E-state index contributed by atoms with van der Waals surface area (Å²) in [5.41, 5.74) is 3.25. The predicted octanol–water partition coefficient (Wildman–Crippen LogP) is 1.27. The molecule has 3 rings (SSSR count). The van der Waals surface area contributed by atoms with Crippen molar-refractivity contribution in [3.05, 3.63) is 6.20 Å². The second kappa shape index (κ2) is 5.48. The van der Waals surface area contributed by atoms with Gasteiger partial charge in [-0.25, -0.2) is 10.8 Å². The topological polar surface area (TPSA) is 87.4 Å². The van der Waals surface area contributed by atoms with Crippen LogP contribution in [0.2, 0.25) is 0 Å². The van der Waals surface area contributed by atoms with Crippen LogP contribution in [0.25, 0.3) is 0 Å². The molecule has 2 heterocycles. The van der Waals surface area contributed by atoms with E-state index in [0.717, 1.165) is 30.8 Å². The normalized spacial score (nSPS) is 22.6. The lowest BCUT2D eigenvalue weighted by molar-refractivity contribution is -0.120. The third kappa shape index (κ3) is 2.21. The number of nitrogens with one attached hydrogen (secondary N) is 1. The minimum absolute atomic E-state index is 0.119. The number of nitrogens with zero attached hydrogens (tertiary/aromatic N) is 4. The smallest absolute Gasteiger partial charge is 0.249 e. The van der Waals surface area contributed by atoms with Gasteiger partial charge in [0.2, 0.25) is 11.9 Å². The molecule has 0 saturated heterocycles. The van der Waals surface area contributed by atoms with Gasteiger partial charge in [0.15, 0.2) is 5.82 Å². The van der Waals surface area contributed by atoms with Gasteiger partial charge in [0.1, 0.15) is 11.7 Å². The number of aromatic nitrogens is 2. The van der Waals surface area contributed by atoms with Crippen molar-refractivity contribution >= 4 is 23.4 Å². The Bertz CT molecular complexity index is 542. The summed E-state index contributed by atoms with van der Waals surface area (Å²) in [6, 6.07) is 0.234. The Balaban J connectivity index is 2.10. The van der Waals surface area contributed by atoms with Crippen LogP contribution >= 0.6 is 0 Å². The Morgan fingerprint density at radius 3 is 2.76 bits per heavy atom. The van der Waals surface area contributed by atoms with Crippen molar-refractivity contribution in [1.82, 2.24) is 9.97 Å². The van der Waals surface area contributed by atoms with E-state index in [0.29, 0.717) is 12.0 Å². The van der Waals surface area contributed by atoms with E-state index < -0.39 is 0 Å². The highest BCUT2D eigenvalue weighted by Gasteiger charge is 2.41. The van der Waals surface area contributed by atoms with E-state index in [1.165, 1.54) is 12.8 Å². The molecule has 114 valence electrons. The summed E-state index contributed by atoms with van der Waals surface area (Å²) in [5, 5.41) is 0. The maximum absolute atomic E-state index is 12.6. The molecule has 1 aromatic heterocycles. The molecule has 2 aliphatic rings. The molecule has 1 unspecified atom stereocenters. The molecule has 0 aromatic carbocycles. The monoisotopic (exact) mass is 290 g/mol. The van der Waals surface area contributed by atoms with Crippen molar-refractivity contribution < 1.29 is 4.79 Å². The molecule has 0 radical (unpaired) electrons. The number of amides is 1. The molecule has 1 aliphatic heterocycles. The highest BCUT2D eigenvalue weighted by molar-refractivity contribution is 6.04. The molecule has 1 saturated carbocycles. The second-order valence-electron chi connectivity index (χ2n) is 5.71. The molecule has 1 fully saturated rings. The van der Waals surface area contributed by atoms with Gasteiger partial charge >= 0.3 is 0 Å². The molecule has 1 aliphatic carbocycles. The minimum Gasteiger partial charge on any atom is -0.340 e. The van der Waals surface area contributed by atoms with Crippen molar-refractivity contribution in [2.75, 3.05) is 22.3 Å². The van der Waals surface area contributed by atoms with Crippen LogP contribution in [0.15, 0.2) is 6.20 Å². The summed E-state index contributed by atoms with van der Waals surface area (Å²) < 4.78 is 0. The molecular formula is C14H22N6O. The van der Waals surface area contributed by atoms with E-state index in [-0.39, 0.29) is 11.9 Å². The highest BCUT2D eigenvalue weighted by atomic mass is 16.2. The molecular weight excluding hydrogens is 268 g/mol. The number of nitrogens with two attached hydrogens (primary N) is 1. The van der Waals surface area contributed by atoms with Crippen LogP contribution < -0.4 is 21.1 Å². The van der Waals surface area contributed by atoms with E-state index in [9.17, 15) is 4.79 Å². The zero-order valence-corrected chi connectivity index (χ0v) is 12.5. The van der Waals surface area contributed by atoms with Crippen molar-refractivity contribution in [1.29, 1.82) is 0 Å². The van der Waals surface area contributed by atoms with Crippen LogP contribution in [0, 0.1) is 0 Å². The number of nitrogen functional groups attached to an aromatic ring is 1. The first-order valence-corrected chi connectivity index (χ1v) is 7.57. The number of hydrogen-bond acceptors (Lipinski definition) is 6. The molecule has 1 atom stereocenters. The third-order valence-corrected chi connectivity index (χ3v) is 4.54. The lowest BCUT2D eigenvalue weighted by Gasteiger charge is -2.43. The number of carbonyl (C=O) groups is 1. The Morgan fingerprint density at radius 1 is 1.43 bits per heavy atom. The van der Waals surface area contributed by atoms with E-state index in [1.807, 2.05) is 6.92 Å². The van der Waals surface area contributed by atoms with Crippen molar-refractivity contribution in [3.63, 3.8) is 0 Å². The van der Waals surface area contributed by atoms with E-state index in [1.54, 1.807) is 18.1 Å². The predicted molar refractivity (Wildman–Crippen MR) is 82.1 cm³/mol. The molecule has 21 heavy (non-hydrogen) atoms. The molecule has 0 bridgehead atoms. The summed E-state index contributed by atoms with van der Waals surface area (Å²) in [5.74, 6) is 6.76. The van der Waals surface area contributed by atoms with Crippen LogP contribution in [0.4, 0.5) is 17.5 Å². The van der Waals surface area contributed by atoms with Gasteiger partial charge in [0, 0.05) is 13.1 Å². The average Bonchev–Trinajstić information content (AvgIpc) is 3.03.